The van der Waals surface area contributed by atoms with Gasteiger partial charge >= 0.3 is 0 Å². The van der Waals surface area contributed by atoms with Crippen LogP contribution in [0.15, 0.2) is 54.6 Å². The number of anilines is 3. The highest BCUT2D eigenvalue weighted by molar-refractivity contribution is 5.67. The number of rotatable bonds is 4. The van der Waals surface area contributed by atoms with Gasteiger partial charge in [0.1, 0.15) is 5.82 Å². The maximum atomic E-state index is 5.49. The van der Waals surface area contributed by atoms with E-state index in [0.717, 1.165) is 53.3 Å². The van der Waals surface area contributed by atoms with Crippen LogP contribution in [-0.2, 0) is 0 Å². The molecule has 1 saturated heterocycles. The van der Waals surface area contributed by atoms with E-state index in [1.165, 1.54) is 12.8 Å². The molecule has 29 heavy (non-hydrogen) atoms. The minimum atomic E-state index is 0.260. The van der Waals surface area contributed by atoms with Crippen molar-refractivity contribution < 1.29 is 9.47 Å². The van der Waals surface area contributed by atoms with E-state index >= 15 is 0 Å². The quantitative estimate of drug-likeness (QED) is 0.689. The number of hydrogen-bond acceptors (Lipinski definition) is 6. The van der Waals surface area contributed by atoms with Crippen LogP contribution in [0.3, 0.4) is 0 Å². The molecule has 3 aromatic rings. The van der Waals surface area contributed by atoms with E-state index in [1.54, 1.807) is 0 Å². The van der Waals surface area contributed by atoms with Crippen LogP contribution < -0.4 is 19.7 Å². The van der Waals surface area contributed by atoms with E-state index in [0.29, 0.717) is 5.95 Å². The molecule has 6 heteroatoms. The first kappa shape index (κ1) is 17.8. The van der Waals surface area contributed by atoms with Gasteiger partial charge in [-0.1, -0.05) is 37.3 Å². The average Bonchev–Trinajstić information content (AvgIpc) is 3.23. The highest BCUT2D eigenvalue weighted by Crippen LogP contribution is 2.35. The zero-order valence-electron chi connectivity index (χ0n) is 16.5. The van der Waals surface area contributed by atoms with Gasteiger partial charge in [0, 0.05) is 36.5 Å². The van der Waals surface area contributed by atoms with Gasteiger partial charge in [0.15, 0.2) is 11.5 Å². The molecule has 5 rings (SSSR count). The van der Waals surface area contributed by atoms with Crippen molar-refractivity contribution in [3.63, 3.8) is 0 Å². The molecule has 1 N–H and O–H groups in total. The summed E-state index contributed by atoms with van der Waals surface area (Å²) in [5, 5.41) is 3.35. The van der Waals surface area contributed by atoms with Crippen LogP contribution >= 0.6 is 0 Å². The highest BCUT2D eigenvalue weighted by atomic mass is 16.7. The third-order valence-electron chi connectivity index (χ3n) is 5.52. The Bertz CT molecular complexity index is 1000. The monoisotopic (exact) mass is 388 g/mol. The van der Waals surface area contributed by atoms with Crippen LogP contribution in [0.1, 0.15) is 19.8 Å². The summed E-state index contributed by atoms with van der Waals surface area (Å²) in [4.78, 5) is 12.0. The highest BCUT2D eigenvalue weighted by Gasteiger charge is 2.19. The molecule has 0 bridgehead atoms. The molecule has 6 nitrogen and oxygen atoms in total. The van der Waals surface area contributed by atoms with Gasteiger partial charge in [-0.2, -0.15) is 4.98 Å². The molecule has 0 unspecified atom stereocenters. The van der Waals surface area contributed by atoms with Gasteiger partial charge in [-0.25, -0.2) is 4.98 Å². The summed E-state index contributed by atoms with van der Waals surface area (Å²) in [7, 11) is 0. The number of nitrogens with one attached hydrogen (secondary N) is 1. The van der Waals surface area contributed by atoms with E-state index in [9.17, 15) is 0 Å². The standard InChI is InChI=1S/C23H24N4O2/c1-16-9-11-27(12-10-16)22-14-19(17-5-3-2-4-6-17)25-23(26-22)24-18-7-8-20-21(13-18)29-15-28-20/h2-8,13-14,16H,9-12,15H2,1H3,(H,24,25,26). The van der Waals surface area contributed by atoms with Crippen LogP contribution in [0.25, 0.3) is 11.3 Å². The second-order valence-corrected chi connectivity index (χ2v) is 7.66. The second kappa shape index (κ2) is 7.62. The van der Waals surface area contributed by atoms with Crippen molar-refractivity contribution in [2.45, 2.75) is 19.8 Å². The molecule has 0 spiro atoms. The predicted molar refractivity (Wildman–Crippen MR) is 114 cm³/mol. The smallest absolute Gasteiger partial charge is 0.231 e. The number of aromatic nitrogens is 2. The Labute approximate surface area is 170 Å². The zero-order valence-corrected chi connectivity index (χ0v) is 16.5. The maximum Gasteiger partial charge on any atom is 0.231 e. The molecule has 2 aliphatic heterocycles. The van der Waals surface area contributed by atoms with Gasteiger partial charge in [-0.05, 0) is 30.9 Å². The fourth-order valence-corrected chi connectivity index (χ4v) is 3.75. The second-order valence-electron chi connectivity index (χ2n) is 7.66. The number of ether oxygens (including phenoxy) is 2. The summed E-state index contributed by atoms with van der Waals surface area (Å²) >= 11 is 0. The molecule has 2 aliphatic rings. The van der Waals surface area contributed by atoms with Gasteiger partial charge < -0.3 is 19.7 Å². The number of benzene rings is 2. The molecule has 0 saturated carbocycles. The Kier molecular flexibility index (Phi) is 4.68. The van der Waals surface area contributed by atoms with Gasteiger partial charge in [0.2, 0.25) is 12.7 Å². The Morgan fingerprint density at radius 1 is 0.931 bits per heavy atom. The van der Waals surface area contributed by atoms with Crippen LogP contribution in [0.4, 0.5) is 17.5 Å². The first-order valence-electron chi connectivity index (χ1n) is 10.1. The SMILES string of the molecule is CC1CCN(c2cc(-c3ccccc3)nc(Nc3ccc4c(c3)OCO4)n2)CC1. The Hall–Kier alpha value is -3.28. The minimum absolute atomic E-state index is 0.260. The fraction of sp³-hybridized carbons (Fsp3) is 0.304. The third-order valence-corrected chi connectivity index (χ3v) is 5.52. The molecule has 0 radical (unpaired) electrons. The molecule has 2 aromatic carbocycles. The summed E-state index contributed by atoms with van der Waals surface area (Å²) in [5.41, 5.74) is 2.87. The Morgan fingerprint density at radius 3 is 2.55 bits per heavy atom. The zero-order chi connectivity index (χ0) is 19.6. The third kappa shape index (κ3) is 3.83. The van der Waals surface area contributed by atoms with Crippen molar-refractivity contribution in [3.8, 4) is 22.8 Å². The number of fused-ring (bicyclic) bond motifs is 1. The molecule has 1 fully saturated rings. The van der Waals surface area contributed by atoms with Crippen molar-refractivity contribution in [3.05, 3.63) is 54.6 Å². The molecular weight excluding hydrogens is 364 g/mol. The normalized spacial score (nSPS) is 16.1. The van der Waals surface area contributed by atoms with Crippen LogP contribution in [0.2, 0.25) is 0 Å². The van der Waals surface area contributed by atoms with Gasteiger partial charge in [-0.3, -0.25) is 0 Å². The van der Waals surface area contributed by atoms with Gasteiger partial charge in [0.25, 0.3) is 0 Å². The van der Waals surface area contributed by atoms with Crippen molar-refractivity contribution in [2.24, 2.45) is 5.92 Å². The first-order valence-corrected chi connectivity index (χ1v) is 10.1. The molecule has 1 aromatic heterocycles. The lowest BCUT2D eigenvalue weighted by atomic mass is 9.99. The molecule has 0 aliphatic carbocycles. The van der Waals surface area contributed by atoms with Crippen LogP contribution in [-0.4, -0.2) is 29.9 Å². The van der Waals surface area contributed by atoms with E-state index < -0.39 is 0 Å². The maximum absolute atomic E-state index is 5.49. The van der Waals surface area contributed by atoms with Crippen molar-refractivity contribution in [1.82, 2.24) is 9.97 Å². The molecule has 3 heterocycles. The van der Waals surface area contributed by atoms with Crippen LogP contribution in [0.5, 0.6) is 11.5 Å². The molecular formula is C23H24N4O2. The van der Waals surface area contributed by atoms with Gasteiger partial charge in [0.05, 0.1) is 5.69 Å². The largest absolute Gasteiger partial charge is 0.454 e. The topological polar surface area (TPSA) is 59.5 Å². The van der Waals surface area contributed by atoms with Gasteiger partial charge in [-0.15, -0.1) is 0 Å². The minimum Gasteiger partial charge on any atom is -0.454 e. The Balaban J connectivity index is 1.49. The molecule has 0 atom stereocenters. The average molecular weight is 388 g/mol. The van der Waals surface area contributed by atoms with Crippen molar-refractivity contribution in [1.29, 1.82) is 0 Å². The lowest BCUT2D eigenvalue weighted by Gasteiger charge is -2.31. The number of hydrogen-bond donors (Lipinski definition) is 1. The van der Waals surface area contributed by atoms with E-state index in [2.05, 4.69) is 35.3 Å². The lowest BCUT2D eigenvalue weighted by Crippen LogP contribution is -2.33. The summed E-state index contributed by atoms with van der Waals surface area (Å²) in [6, 6.07) is 18.1. The van der Waals surface area contributed by atoms with Crippen molar-refractivity contribution in [2.75, 3.05) is 30.1 Å². The molecule has 0 amide bonds. The number of nitrogens with zero attached hydrogens (tertiary/aromatic N) is 3. The number of piperidine rings is 1. The first-order chi connectivity index (χ1) is 14.2. The van der Waals surface area contributed by atoms with E-state index in [4.69, 9.17) is 19.4 Å². The fourth-order valence-electron chi connectivity index (χ4n) is 3.75. The van der Waals surface area contributed by atoms with Crippen molar-refractivity contribution >= 4 is 17.5 Å². The van der Waals surface area contributed by atoms with E-state index in [-0.39, 0.29) is 6.79 Å². The van der Waals surface area contributed by atoms with E-state index in [1.807, 2.05) is 36.4 Å². The predicted octanol–water partition coefficient (Wildman–Crippen LogP) is 4.85. The molecule has 148 valence electrons. The van der Waals surface area contributed by atoms with Crippen LogP contribution in [0, 0.1) is 5.92 Å². The summed E-state index contributed by atoms with van der Waals surface area (Å²) in [6.45, 7) is 4.63. The summed E-state index contributed by atoms with van der Waals surface area (Å²) < 4.78 is 10.9. The summed E-state index contributed by atoms with van der Waals surface area (Å²) in [6.07, 6.45) is 2.38. The summed E-state index contributed by atoms with van der Waals surface area (Å²) in [5.74, 6) is 3.82. The Morgan fingerprint density at radius 2 is 1.72 bits per heavy atom. The lowest BCUT2D eigenvalue weighted by molar-refractivity contribution is 0.174.